The number of allylic oxidation sites excluding steroid dienone is 3. The van der Waals surface area contributed by atoms with Gasteiger partial charge in [0.2, 0.25) is 23.6 Å². The molecule has 10 rings (SSSR count). The Kier molecular flexibility index (Phi) is 8.08. The van der Waals surface area contributed by atoms with E-state index in [0.29, 0.717) is 33.4 Å². The number of phenolic OH excluding ortho intramolecular Hbond substituents is 1. The molecule has 2 saturated heterocycles. The number of fused-ring (bicyclic) bond motifs is 6. The highest BCUT2D eigenvalue weighted by atomic mass is 35.5. The summed E-state index contributed by atoms with van der Waals surface area (Å²) in [6.07, 6.45) is 4.09. The number of thiophene rings is 1. The van der Waals surface area contributed by atoms with E-state index in [1.807, 2.05) is 31.2 Å². The van der Waals surface area contributed by atoms with E-state index in [1.165, 1.54) is 33.1 Å². The summed E-state index contributed by atoms with van der Waals surface area (Å²) in [6, 6.07) is 15.8. The van der Waals surface area contributed by atoms with Gasteiger partial charge in [0.15, 0.2) is 0 Å². The quantitative estimate of drug-likeness (QED) is 0.122. The Labute approximate surface area is 345 Å². The Hall–Kier alpha value is -6.25. The van der Waals surface area contributed by atoms with Crippen molar-refractivity contribution in [2.45, 2.75) is 33.1 Å². The van der Waals surface area contributed by atoms with E-state index < -0.39 is 70.4 Å². The van der Waals surface area contributed by atoms with Crippen molar-refractivity contribution in [2.24, 2.45) is 42.1 Å². The maximum absolute atomic E-state index is 15.3. The summed E-state index contributed by atoms with van der Waals surface area (Å²) in [7, 11) is 1.69. The molecule has 0 spiro atoms. The lowest BCUT2D eigenvalue weighted by atomic mass is 9.51. The van der Waals surface area contributed by atoms with E-state index in [2.05, 4.69) is 0 Å². The van der Waals surface area contributed by atoms with Gasteiger partial charge in [-0.25, -0.2) is 14.6 Å². The van der Waals surface area contributed by atoms with Gasteiger partial charge in [0, 0.05) is 46.8 Å². The number of benzene rings is 3. The van der Waals surface area contributed by atoms with E-state index in [1.54, 1.807) is 38.4 Å². The zero-order valence-electron chi connectivity index (χ0n) is 31.8. The highest BCUT2D eigenvalue weighted by Gasteiger charge is 2.68. The maximum Gasteiger partial charge on any atom is 0.339 e. The minimum absolute atomic E-state index is 0.0396. The van der Waals surface area contributed by atoms with Crippen LogP contribution < -0.4 is 14.5 Å². The number of imide groups is 2. The van der Waals surface area contributed by atoms with Gasteiger partial charge >= 0.3 is 5.97 Å². The van der Waals surface area contributed by atoms with Crippen LogP contribution in [0.15, 0.2) is 84.1 Å². The SMILES string of the molecule is Cc1c(-c2cc(N3C(=O)C4CC5C(=CCC6C(=O)N(c7ccc(C(=O)O)c(O)c7)C(=O)C65)C(C5=COc6ccc(O)cc6C5)C4(C)C3=O)n(C)n2)sc2ccc(Cl)cc12. The third-order valence-electron chi connectivity index (χ3n) is 13.1. The normalized spacial score (nSPS) is 26.0. The summed E-state index contributed by atoms with van der Waals surface area (Å²) in [5.41, 5.74) is 1.99. The van der Waals surface area contributed by atoms with Gasteiger partial charge in [-0.2, -0.15) is 5.10 Å². The first-order chi connectivity index (χ1) is 28.2. The first-order valence-electron chi connectivity index (χ1n) is 19.1. The zero-order valence-corrected chi connectivity index (χ0v) is 33.4. The fourth-order valence-electron chi connectivity index (χ4n) is 10.4. The van der Waals surface area contributed by atoms with Crippen LogP contribution in [0.4, 0.5) is 11.5 Å². The molecule has 59 heavy (non-hydrogen) atoms. The topological polar surface area (TPSA) is 180 Å². The Morgan fingerprint density at radius 3 is 2.53 bits per heavy atom. The summed E-state index contributed by atoms with van der Waals surface area (Å²) < 4.78 is 8.67. The Morgan fingerprint density at radius 2 is 1.76 bits per heavy atom. The molecule has 0 radical (unpaired) electrons. The number of hydrogen-bond donors (Lipinski definition) is 3. The third-order valence-corrected chi connectivity index (χ3v) is 14.6. The van der Waals surface area contributed by atoms with Crippen LogP contribution in [0.3, 0.4) is 0 Å². The molecular formula is C44H35ClN4O9S. The van der Waals surface area contributed by atoms with Crippen LogP contribution in [-0.4, -0.2) is 54.7 Å². The molecule has 6 unspecified atom stereocenters. The second kappa shape index (κ2) is 12.9. The number of rotatable bonds is 5. The molecule has 2 aliphatic carbocycles. The number of aryl methyl sites for hydroxylation is 2. The van der Waals surface area contributed by atoms with Gasteiger partial charge in [-0.1, -0.05) is 23.3 Å². The fraction of sp³-hybridized carbons (Fsp3) is 0.273. The minimum Gasteiger partial charge on any atom is -0.508 e. The molecule has 13 nitrogen and oxygen atoms in total. The summed E-state index contributed by atoms with van der Waals surface area (Å²) in [6.45, 7) is 3.78. The third kappa shape index (κ3) is 5.21. The number of carboxylic acids is 1. The number of aromatic carboxylic acids is 1. The van der Waals surface area contributed by atoms with Crippen LogP contribution >= 0.6 is 22.9 Å². The van der Waals surface area contributed by atoms with Gasteiger partial charge in [-0.05, 0) is 97.7 Å². The summed E-state index contributed by atoms with van der Waals surface area (Å²) in [4.78, 5) is 73.6. The Morgan fingerprint density at radius 1 is 0.966 bits per heavy atom. The van der Waals surface area contributed by atoms with Crippen molar-refractivity contribution in [2.75, 3.05) is 9.80 Å². The number of ether oxygens (including phenoxy) is 1. The predicted octanol–water partition coefficient (Wildman–Crippen LogP) is 7.16. The highest BCUT2D eigenvalue weighted by molar-refractivity contribution is 7.22. The van der Waals surface area contributed by atoms with Crippen molar-refractivity contribution < 1.29 is 44.0 Å². The molecule has 5 aromatic rings. The lowest BCUT2D eigenvalue weighted by Crippen LogP contribution is -2.51. The fourth-order valence-corrected chi connectivity index (χ4v) is 11.7. The van der Waals surface area contributed by atoms with E-state index in [-0.39, 0.29) is 36.3 Å². The number of amides is 4. The number of carboxylic acid groups (broad SMARTS) is 1. The van der Waals surface area contributed by atoms with Gasteiger partial charge in [0.05, 0.1) is 40.0 Å². The highest BCUT2D eigenvalue weighted by Crippen LogP contribution is 2.63. The molecule has 15 heteroatoms. The minimum atomic E-state index is -1.36. The van der Waals surface area contributed by atoms with E-state index in [9.17, 15) is 29.7 Å². The number of carbonyl (C=O) groups is 5. The molecule has 298 valence electrons. The summed E-state index contributed by atoms with van der Waals surface area (Å²) in [5, 5.41) is 36.7. The predicted molar refractivity (Wildman–Crippen MR) is 217 cm³/mol. The average molecular weight is 831 g/mol. The molecular weight excluding hydrogens is 796 g/mol. The molecule has 6 atom stereocenters. The number of nitrogens with zero attached hydrogens (tertiary/aromatic N) is 4. The number of halogens is 1. The number of phenols is 2. The van der Waals surface area contributed by atoms with Crippen LogP contribution in [-0.2, 0) is 32.6 Å². The molecule has 3 fully saturated rings. The van der Waals surface area contributed by atoms with Crippen molar-refractivity contribution in [3.05, 3.63) is 106 Å². The number of carbonyl (C=O) groups excluding carboxylic acids is 4. The van der Waals surface area contributed by atoms with Crippen LogP contribution in [0, 0.1) is 41.9 Å². The summed E-state index contributed by atoms with van der Waals surface area (Å²) in [5.74, 6) is -6.97. The number of aromatic hydroxyl groups is 2. The Bertz CT molecular complexity index is 2840. The molecule has 5 aliphatic rings. The van der Waals surface area contributed by atoms with E-state index >= 15 is 9.59 Å². The van der Waals surface area contributed by atoms with Crippen LogP contribution in [0.1, 0.15) is 41.3 Å². The van der Waals surface area contributed by atoms with Gasteiger partial charge in [-0.15, -0.1) is 11.3 Å². The average Bonchev–Trinajstić information content (AvgIpc) is 3.87. The molecule has 2 aromatic heterocycles. The van der Waals surface area contributed by atoms with Crippen molar-refractivity contribution >= 4 is 74.1 Å². The second-order valence-electron chi connectivity index (χ2n) is 16.2. The van der Waals surface area contributed by atoms with Crippen LogP contribution in [0.5, 0.6) is 17.2 Å². The molecule has 5 heterocycles. The lowest BCUT2D eigenvalue weighted by Gasteiger charge is -2.49. The standard InChI is InChI=1S/C44H35ClN4O9S/c1-19-28-14-22(45)4-11-34(28)59-38(19)31-17-35(47(3)46-31)49-40(53)30-16-29-25(37(44(30,2)43(49)57)21-12-20-13-24(50)6-10-33(20)58-18-21)8-9-27-36(29)41(54)48(39(27)52)23-5-7-26(42(55)56)32(51)15-23/h4-8,10-11,13-15,17-18,27,29-30,36-37,50-51H,9,12,16H2,1-3H3,(H,55,56). The van der Waals surface area contributed by atoms with E-state index in [4.69, 9.17) is 21.4 Å². The molecule has 4 amide bonds. The maximum atomic E-state index is 15.3. The lowest BCUT2D eigenvalue weighted by molar-refractivity contribution is -0.132. The van der Waals surface area contributed by atoms with Crippen molar-refractivity contribution in [3.63, 3.8) is 0 Å². The monoisotopic (exact) mass is 830 g/mol. The number of anilines is 2. The molecule has 3 aliphatic heterocycles. The zero-order chi connectivity index (χ0) is 41.4. The first kappa shape index (κ1) is 37.0. The largest absolute Gasteiger partial charge is 0.508 e. The van der Waals surface area contributed by atoms with Crippen molar-refractivity contribution in [1.82, 2.24) is 9.78 Å². The van der Waals surface area contributed by atoms with Gasteiger partial charge in [0.1, 0.15) is 34.3 Å². The smallest absolute Gasteiger partial charge is 0.339 e. The Balaban J connectivity index is 1.07. The molecule has 0 bridgehead atoms. The van der Waals surface area contributed by atoms with Crippen LogP contribution in [0.25, 0.3) is 20.7 Å². The van der Waals surface area contributed by atoms with Crippen LogP contribution in [0.2, 0.25) is 5.02 Å². The van der Waals surface area contributed by atoms with Gasteiger partial charge < -0.3 is 20.1 Å². The van der Waals surface area contributed by atoms with Gasteiger partial charge in [0.25, 0.3) is 0 Å². The molecule has 3 aromatic carbocycles. The number of hydrogen-bond acceptors (Lipinski definition) is 10. The number of aromatic nitrogens is 2. The van der Waals surface area contributed by atoms with Crippen molar-refractivity contribution in [1.29, 1.82) is 0 Å². The van der Waals surface area contributed by atoms with Crippen molar-refractivity contribution in [3.8, 4) is 27.8 Å². The first-order valence-corrected chi connectivity index (χ1v) is 20.3. The molecule has 1 saturated carbocycles. The van der Waals surface area contributed by atoms with E-state index in [0.717, 1.165) is 43.1 Å². The summed E-state index contributed by atoms with van der Waals surface area (Å²) >= 11 is 7.86. The van der Waals surface area contributed by atoms with Gasteiger partial charge in [-0.3, -0.25) is 23.9 Å². The molecule has 3 N–H and O–H groups in total. The second-order valence-corrected chi connectivity index (χ2v) is 17.7.